The van der Waals surface area contributed by atoms with Gasteiger partial charge in [-0.2, -0.15) is 0 Å². The fourth-order valence-corrected chi connectivity index (χ4v) is 1.12. The minimum absolute atomic E-state index is 0.164. The average molecular weight is 222 g/mol. The summed E-state index contributed by atoms with van der Waals surface area (Å²) in [6, 6.07) is 0. The third-order valence-corrected chi connectivity index (χ3v) is 2.20. The number of nitrogens with one attached hydrogen (secondary N) is 1. The first-order valence-corrected chi connectivity index (χ1v) is 5.30. The summed E-state index contributed by atoms with van der Waals surface area (Å²) in [7, 11) is 0. The van der Waals surface area contributed by atoms with Crippen LogP contribution >= 0.6 is 0 Å². The Hall–Kier alpha value is -1.38. The molecule has 5 heteroatoms. The van der Waals surface area contributed by atoms with Crippen LogP contribution in [0.5, 0.6) is 0 Å². The summed E-state index contributed by atoms with van der Waals surface area (Å²) in [5.74, 6) is 2.65. The lowest BCUT2D eigenvalue weighted by atomic mass is 10.1. The molecule has 1 aromatic rings. The minimum atomic E-state index is -0.338. The molecule has 0 spiro atoms. The number of aromatic nitrogens is 3. The molecule has 1 heterocycles. The van der Waals surface area contributed by atoms with E-state index in [2.05, 4.69) is 21.5 Å². The molecule has 1 rings (SSSR count). The molecular formula is C11H18N4O. The van der Waals surface area contributed by atoms with Gasteiger partial charge in [-0.15, -0.1) is 11.5 Å². The topological polar surface area (TPSA) is 63.0 Å². The first kappa shape index (κ1) is 12.7. The Balaban J connectivity index is 2.44. The second kappa shape index (κ2) is 5.64. The van der Waals surface area contributed by atoms with Gasteiger partial charge in [0.15, 0.2) is 0 Å². The lowest BCUT2D eigenvalue weighted by molar-refractivity contribution is 0.276. The predicted octanol–water partition coefficient (Wildman–Crippen LogP) is 0.162. The van der Waals surface area contributed by atoms with Gasteiger partial charge in [-0.1, -0.05) is 11.1 Å². The summed E-state index contributed by atoms with van der Waals surface area (Å²) in [5.41, 5.74) is 0.510. The molecule has 5 nitrogen and oxygen atoms in total. The molecule has 0 atom stereocenters. The van der Waals surface area contributed by atoms with Gasteiger partial charge in [0.2, 0.25) is 0 Å². The maximum atomic E-state index is 8.68. The summed E-state index contributed by atoms with van der Waals surface area (Å²) in [6.07, 6.45) is 7.90. The van der Waals surface area contributed by atoms with Crippen molar-refractivity contribution in [3.05, 3.63) is 11.9 Å². The number of hydrogen-bond donors (Lipinski definition) is 2. The van der Waals surface area contributed by atoms with Crippen molar-refractivity contribution < 1.29 is 5.11 Å². The summed E-state index contributed by atoms with van der Waals surface area (Å²) in [5, 5.41) is 19.8. The van der Waals surface area contributed by atoms with Gasteiger partial charge < -0.3 is 5.11 Å². The van der Waals surface area contributed by atoms with E-state index in [1.54, 1.807) is 4.68 Å². The molecule has 1 aromatic heterocycles. The summed E-state index contributed by atoms with van der Waals surface area (Å²) >= 11 is 0. The smallest absolute Gasteiger partial charge is 0.0965 e. The first-order valence-electron chi connectivity index (χ1n) is 5.30. The van der Waals surface area contributed by atoms with E-state index < -0.39 is 0 Å². The zero-order chi connectivity index (χ0) is 12.0. The molecule has 0 aliphatic carbocycles. The Morgan fingerprint density at radius 2 is 2.38 bits per heavy atom. The standard InChI is InChI=1S/C11H18N4O/c1-4-11(2,3)12-8-10-9-15(14-13-10)6-5-7-16/h1,9,12,16H,5-8H2,2-3H3. The van der Waals surface area contributed by atoms with Crippen LogP contribution in [-0.2, 0) is 13.1 Å². The van der Waals surface area contributed by atoms with E-state index in [1.165, 1.54) is 0 Å². The highest BCUT2D eigenvalue weighted by molar-refractivity contribution is 5.08. The Morgan fingerprint density at radius 3 is 3.00 bits per heavy atom. The number of rotatable bonds is 6. The quantitative estimate of drug-likeness (QED) is 0.673. The second-order valence-corrected chi connectivity index (χ2v) is 4.17. The van der Waals surface area contributed by atoms with Gasteiger partial charge in [0.25, 0.3) is 0 Å². The van der Waals surface area contributed by atoms with E-state index in [-0.39, 0.29) is 12.1 Å². The van der Waals surface area contributed by atoms with E-state index in [1.807, 2.05) is 20.0 Å². The van der Waals surface area contributed by atoms with E-state index in [0.717, 1.165) is 5.69 Å². The molecule has 0 aromatic carbocycles. The molecule has 0 saturated heterocycles. The van der Waals surface area contributed by atoms with E-state index >= 15 is 0 Å². The first-order chi connectivity index (χ1) is 7.57. The molecule has 0 aliphatic rings. The number of nitrogens with zero attached hydrogens (tertiary/aromatic N) is 3. The van der Waals surface area contributed by atoms with Gasteiger partial charge in [-0.05, 0) is 20.3 Å². The summed E-state index contributed by atoms with van der Waals surface area (Å²) in [4.78, 5) is 0. The van der Waals surface area contributed by atoms with Crippen LogP contribution in [-0.4, -0.2) is 32.2 Å². The maximum Gasteiger partial charge on any atom is 0.0965 e. The molecule has 0 bridgehead atoms. The van der Waals surface area contributed by atoms with Crippen molar-refractivity contribution in [3.63, 3.8) is 0 Å². The molecule has 0 saturated carbocycles. The number of aliphatic hydroxyl groups is 1. The van der Waals surface area contributed by atoms with Gasteiger partial charge in [0.1, 0.15) is 0 Å². The third-order valence-electron chi connectivity index (χ3n) is 2.20. The zero-order valence-corrected chi connectivity index (χ0v) is 9.77. The van der Waals surface area contributed by atoms with Crippen molar-refractivity contribution in [1.29, 1.82) is 0 Å². The van der Waals surface area contributed by atoms with E-state index in [0.29, 0.717) is 19.5 Å². The predicted molar refractivity (Wildman–Crippen MR) is 61.5 cm³/mol. The molecular weight excluding hydrogens is 204 g/mol. The summed E-state index contributed by atoms with van der Waals surface area (Å²) in [6.45, 7) is 5.31. The Labute approximate surface area is 95.9 Å². The SMILES string of the molecule is C#CC(C)(C)NCc1cn(CCCO)nn1. The van der Waals surface area contributed by atoms with E-state index in [4.69, 9.17) is 11.5 Å². The second-order valence-electron chi connectivity index (χ2n) is 4.17. The molecule has 16 heavy (non-hydrogen) atoms. The highest BCUT2D eigenvalue weighted by Gasteiger charge is 2.13. The minimum Gasteiger partial charge on any atom is -0.396 e. The van der Waals surface area contributed by atoms with Gasteiger partial charge in [-0.25, -0.2) is 0 Å². The lowest BCUT2D eigenvalue weighted by Crippen LogP contribution is -2.37. The number of aryl methyl sites for hydroxylation is 1. The van der Waals surface area contributed by atoms with E-state index in [9.17, 15) is 0 Å². The van der Waals surface area contributed by atoms with Gasteiger partial charge in [-0.3, -0.25) is 10.00 Å². The van der Waals surface area contributed by atoms with Gasteiger partial charge in [0, 0.05) is 25.9 Å². The zero-order valence-electron chi connectivity index (χ0n) is 9.77. The Bertz CT molecular complexity index is 364. The third kappa shape index (κ3) is 4.01. The van der Waals surface area contributed by atoms with Crippen molar-refractivity contribution in [2.75, 3.05) is 6.61 Å². The van der Waals surface area contributed by atoms with Crippen LogP contribution in [0.25, 0.3) is 0 Å². The molecule has 0 aliphatic heterocycles. The number of aliphatic hydroxyl groups excluding tert-OH is 1. The van der Waals surface area contributed by atoms with Crippen LogP contribution in [0.15, 0.2) is 6.20 Å². The molecule has 2 N–H and O–H groups in total. The molecule has 0 radical (unpaired) electrons. The van der Waals surface area contributed by atoms with Crippen molar-refractivity contribution in [3.8, 4) is 12.3 Å². The van der Waals surface area contributed by atoms with Crippen molar-refractivity contribution in [2.45, 2.75) is 38.9 Å². The van der Waals surface area contributed by atoms with Crippen molar-refractivity contribution >= 4 is 0 Å². The Kier molecular flexibility index (Phi) is 4.47. The normalized spacial score (nSPS) is 11.4. The molecule has 0 unspecified atom stereocenters. The Morgan fingerprint density at radius 1 is 1.62 bits per heavy atom. The fraction of sp³-hybridized carbons (Fsp3) is 0.636. The van der Waals surface area contributed by atoms with Crippen molar-refractivity contribution in [2.24, 2.45) is 0 Å². The highest BCUT2D eigenvalue weighted by Crippen LogP contribution is 2.01. The molecule has 0 fully saturated rings. The van der Waals surface area contributed by atoms with Gasteiger partial charge >= 0.3 is 0 Å². The monoisotopic (exact) mass is 222 g/mol. The van der Waals surface area contributed by atoms with Crippen LogP contribution in [0.2, 0.25) is 0 Å². The summed E-state index contributed by atoms with van der Waals surface area (Å²) < 4.78 is 1.72. The van der Waals surface area contributed by atoms with Crippen LogP contribution in [0.3, 0.4) is 0 Å². The van der Waals surface area contributed by atoms with Crippen LogP contribution < -0.4 is 5.32 Å². The lowest BCUT2D eigenvalue weighted by Gasteiger charge is -2.18. The van der Waals surface area contributed by atoms with Crippen LogP contribution in [0.4, 0.5) is 0 Å². The molecule has 0 amide bonds. The highest BCUT2D eigenvalue weighted by atomic mass is 16.3. The average Bonchev–Trinajstić information content (AvgIpc) is 2.72. The van der Waals surface area contributed by atoms with Crippen LogP contribution in [0.1, 0.15) is 26.0 Å². The van der Waals surface area contributed by atoms with Crippen LogP contribution in [0, 0.1) is 12.3 Å². The largest absolute Gasteiger partial charge is 0.396 e. The van der Waals surface area contributed by atoms with Crippen molar-refractivity contribution in [1.82, 2.24) is 20.3 Å². The fourth-order valence-electron chi connectivity index (χ4n) is 1.12. The number of hydrogen-bond acceptors (Lipinski definition) is 4. The maximum absolute atomic E-state index is 8.68. The number of terminal acetylenes is 1. The van der Waals surface area contributed by atoms with Gasteiger partial charge in [0.05, 0.1) is 11.2 Å². The molecule has 88 valence electrons.